The van der Waals surface area contributed by atoms with Gasteiger partial charge in [-0.3, -0.25) is 0 Å². The van der Waals surface area contributed by atoms with Gasteiger partial charge in [0.25, 0.3) is 0 Å². The first-order chi connectivity index (χ1) is 9.56. The van der Waals surface area contributed by atoms with Crippen LogP contribution < -0.4 is 15.5 Å². The van der Waals surface area contributed by atoms with Crippen molar-refractivity contribution < 1.29 is 0 Å². The molecule has 0 atom stereocenters. The lowest BCUT2D eigenvalue weighted by molar-refractivity contribution is 0.435. The normalized spacial score (nSPS) is 16.2. The predicted molar refractivity (Wildman–Crippen MR) is 88.8 cm³/mol. The van der Waals surface area contributed by atoms with E-state index in [0.717, 1.165) is 13.1 Å². The SMILES string of the molecule is CC(C)(C)NCCNc1ccccc1N1CCCCC1. The second kappa shape index (κ2) is 6.98. The molecule has 0 amide bonds. The summed E-state index contributed by atoms with van der Waals surface area (Å²) in [6, 6.07) is 8.70. The van der Waals surface area contributed by atoms with E-state index in [9.17, 15) is 0 Å². The molecule has 1 aromatic carbocycles. The molecule has 112 valence electrons. The second-order valence-electron chi connectivity index (χ2n) is 6.67. The average Bonchev–Trinajstić information content (AvgIpc) is 2.44. The highest BCUT2D eigenvalue weighted by Crippen LogP contribution is 2.27. The monoisotopic (exact) mass is 275 g/mol. The molecule has 0 spiro atoms. The van der Waals surface area contributed by atoms with Gasteiger partial charge in [-0.25, -0.2) is 0 Å². The molecule has 0 unspecified atom stereocenters. The summed E-state index contributed by atoms with van der Waals surface area (Å²) >= 11 is 0. The van der Waals surface area contributed by atoms with Crippen molar-refractivity contribution >= 4 is 11.4 Å². The van der Waals surface area contributed by atoms with E-state index in [4.69, 9.17) is 0 Å². The van der Waals surface area contributed by atoms with Crippen molar-refractivity contribution in [3.63, 3.8) is 0 Å². The van der Waals surface area contributed by atoms with Gasteiger partial charge in [-0.15, -0.1) is 0 Å². The molecule has 0 saturated carbocycles. The van der Waals surface area contributed by atoms with Gasteiger partial charge in [0.2, 0.25) is 0 Å². The maximum Gasteiger partial charge on any atom is 0.0602 e. The number of anilines is 2. The number of benzene rings is 1. The number of nitrogens with one attached hydrogen (secondary N) is 2. The van der Waals surface area contributed by atoms with Gasteiger partial charge in [0, 0.05) is 31.7 Å². The van der Waals surface area contributed by atoms with Crippen molar-refractivity contribution in [2.24, 2.45) is 0 Å². The van der Waals surface area contributed by atoms with Gasteiger partial charge in [-0.1, -0.05) is 12.1 Å². The van der Waals surface area contributed by atoms with Gasteiger partial charge in [0.1, 0.15) is 0 Å². The molecule has 1 aromatic rings. The quantitative estimate of drug-likeness (QED) is 0.806. The molecule has 20 heavy (non-hydrogen) atoms. The maximum atomic E-state index is 3.58. The van der Waals surface area contributed by atoms with Crippen molar-refractivity contribution in [2.75, 3.05) is 36.4 Å². The van der Waals surface area contributed by atoms with Crippen molar-refractivity contribution in [1.82, 2.24) is 5.32 Å². The smallest absolute Gasteiger partial charge is 0.0602 e. The van der Waals surface area contributed by atoms with Gasteiger partial charge in [-0.2, -0.15) is 0 Å². The summed E-state index contributed by atoms with van der Waals surface area (Å²) in [5, 5.41) is 7.09. The minimum absolute atomic E-state index is 0.189. The Hall–Kier alpha value is -1.22. The summed E-state index contributed by atoms with van der Waals surface area (Å²) in [5.74, 6) is 0. The Labute approximate surface area is 123 Å². The first kappa shape index (κ1) is 15.2. The summed E-state index contributed by atoms with van der Waals surface area (Å²) in [4.78, 5) is 2.52. The Balaban J connectivity index is 1.90. The lowest BCUT2D eigenvalue weighted by Crippen LogP contribution is -2.38. The molecular weight excluding hydrogens is 246 g/mol. The van der Waals surface area contributed by atoms with Crippen LogP contribution in [0.15, 0.2) is 24.3 Å². The molecular formula is C17H29N3. The topological polar surface area (TPSA) is 27.3 Å². The second-order valence-corrected chi connectivity index (χ2v) is 6.67. The molecule has 0 aromatic heterocycles. The Morgan fingerprint density at radius 3 is 2.40 bits per heavy atom. The average molecular weight is 275 g/mol. The van der Waals surface area contributed by atoms with E-state index < -0.39 is 0 Å². The molecule has 0 radical (unpaired) electrons. The van der Waals surface area contributed by atoms with Crippen LogP contribution in [0.25, 0.3) is 0 Å². The van der Waals surface area contributed by atoms with Crippen LogP contribution in [0.3, 0.4) is 0 Å². The van der Waals surface area contributed by atoms with Crippen LogP contribution in [0.5, 0.6) is 0 Å². The largest absolute Gasteiger partial charge is 0.382 e. The fraction of sp³-hybridized carbons (Fsp3) is 0.647. The molecule has 1 aliphatic heterocycles. The third-order valence-corrected chi connectivity index (χ3v) is 3.70. The third-order valence-electron chi connectivity index (χ3n) is 3.70. The Morgan fingerprint density at radius 2 is 1.70 bits per heavy atom. The summed E-state index contributed by atoms with van der Waals surface area (Å²) < 4.78 is 0. The Bertz CT molecular complexity index is 403. The van der Waals surface area contributed by atoms with Gasteiger partial charge in [0.05, 0.1) is 11.4 Å². The van der Waals surface area contributed by atoms with Crippen molar-refractivity contribution in [3.05, 3.63) is 24.3 Å². The van der Waals surface area contributed by atoms with E-state index in [2.05, 4.69) is 60.6 Å². The van der Waals surface area contributed by atoms with E-state index >= 15 is 0 Å². The van der Waals surface area contributed by atoms with Crippen LogP contribution in [0.2, 0.25) is 0 Å². The molecule has 1 aliphatic rings. The van der Waals surface area contributed by atoms with E-state index in [1.54, 1.807) is 0 Å². The molecule has 2 rings (SSSR count). The number of hydrogen-bond donors (Lipinski definition) is 2. The zero-order valence-corrected chi connectivity index (χ0v) is 13.2. The highest BCUT2D eigenvalue weighted by molar-refractivity contribution is 5.70. The minimum Gasteiger partial charge on any atom is -0.382 e. The third kappa shape index (κ3) is 4.71. The van der Waals surface area contributed by atoms with E-state index in [1.807, 2.05) is 0 Å². The van der Waals surface area contributed by atoms with Gasteiger partial charge < -0.3 is 15.5 Å². The van der Waals surface area contributed by atoms with Crippen LogP contribution in [-0.2, 0) is 0 Å². The van der Waals surface area contributed by atoms with E-state index in [1.165, 1.54) is 43.7 Å². The summed E-state index contributed by atoms with van der Waals surface area (Å²) in [6.07, 6.45) is 4.02. The van der Waals surface area contributed by atoms with E-state index in [-0.39, 0.29) is 5.54 Å². The van der Waals surface area contributed by atoms with Crippen molar-refractivity contribution in [3.8, 4) is 0 Å². The number of nitrogens with zero attached hydrogens (tertiary/aromatic N) is 1. The van der Waals surface area contributed by atoms with Crippen LogP contribution in [0.4, 0.5) is 11.4 Å². The standard InChI is InChI=1S/C17H29N3/c1-17(2,3)19-12-11-18-15-9-5-6-10-16(15)20-13-7-4-8-14-20/h5-6,9-10,18-19H,4,7-8,11-14H2,1-3H3. The first-order valence-electron chi connectivity index (χ1n) is 7.89. The molecule has 3 heteroatoms. The Kier molecular flexibility index (Phi) is 5.30. The fourth-order valence-electron chi connectivity index (χ4n) is 2.67. The van der Waals surface area contributed by atoms with Crippen LogP contribution in [0.1, 0.15) is 40.0 Å². The lowest BCUT2D eigenvalue weighted by atomic mass is 10.1. The number of piperidine rings is 1. The van der Waals surface area contributed by atoms with Gasteiger partial charge in [0.15, 0.2) is 0 Å². The molecule has 1 fully saturated rings. The molecule has 1 heterocycles. The highest BCUT2D eigenvalue weighted by atomic mass is 15.1. The predicted octanol–water partition coefficient (Wildman–Crippen LogP) is 3.48. The molecule has 0 bridgehead atoms. The molecule has 2 N–H and O–H groups in total. The fourth-order valence-corrected chi connectivity index (χ4v) is 2.67. The minimum atomic E-state index is 0.189. The summed E-state index contributed by atoms with van der Waals surface area (Å²) in [6.45, 7) is 10.9. The Morgan fingerprint density at radius 1 is 1.00 bits per heavy atom. The highest BCUT2D eigenvalue weighted by Gasteiger charge is 2.14. The molecule has 3 nitrogen and oxygen atoms in total. The van der Waals surface area contributed by atoms with Crippen LogP contribution in [-0.4, -0.2) is 31.7 Å². The maximum absolute atomic E-state index is 3.58. The van der Waals surface area contributed by atoms with Crippen LogP contribution in [0, 0.1) is 0 Å². The van der Waals surface area contributed by atoms with Crippen molar-refractivity contribution in [1.29, 1.82) is 0 Å². The number of para-hydroxylation sites is 2. The molecule has 0 aliphatic carbocycles. The van der Waals surface area contributed by atoms with E-state index in [0.29, 0.717) is 0 Å². The number of rotatable bonds is 5. The van der Waals surface area contributed by atoms with Gasteiger partial charge >= 0.3 is 0 Å². The van der Waals surface area contributed by atoms with Crippen molar-refractivity contribution in [2.45, 2.75) is 45.6 Å². The lowest BCUT2D eigenvalue weighted by Gasteiger charge is -2.31. The molecule has 1 saturated heterocycles. The van der Waals surface area contributed by atoms with Crippen LogP contribution >= 0.6 is 0 Å². The zero-order valence-electron chi connectivity index (χ0n) is 13.2. The number of hydrogen-bond acceptors (Lipinski definition) is 3. The summed E-state index contributed by atoms with van der Waals surface area (Å²) in [5.41, 5.74) is 2.82. The first-order valence-corrected chi connectivity index (χ1v) is 7.89. The summed E-state index contributed by atoms with van der Waals surface area (Å²) in [7, 11) is 0. The van der Waals surface area contributed by atoms with Gasteiger partial charge in [-0.05, 0) is 52.2 Å². The zero-order chi connectivity index (χ0) is 14.4.